The predicted octanol–water partition coefficient (Wildman–Crippen LogP) is 5.06. The summed E-state index contributed by atoms with van der Waals surface area (Å²) in [5.74, 6) is 1.20. The molecule has 0 saturated carbocycles. The summed E-state index contributed by atoms with van der Waals surface area (Å²) in [6.45, 7) is 5.89. The van der Waals surface area contributed by atoms with Crippen LogP contribution in [0.2, 0.25) is 0 Å². The Bertz CT molecular complexity index is 784. The molecule has 0 saturated heterocycles. The largest absolute Gasteiger partial charge is 0.497 e. The molecular formula is C20H25NO4S2. The number of methoxy groups -OCH3 is 1. The fraction of sp³-hybridized carbons (Fsp3) is 0.400. The minimum Gasteiger partial charge on any atom is -0.497 e. The van der Waals surface area contributed by atoms with Crippen molar-refractivity contribution in [2.75, 3.05) is 24.8 Å². The molecule has 0 radical (unpaired) electrons. The van der Waals surface area contributed by atoms with E-state index in [0.717, 1.165) is 33.3 Å². The number of carbonyl (C=O) groups is 2. The van der Waals surface area contributed by atoms with Gasteiger partial charge < -0.3 is 14.8 Å². The van der Waals surface area contributed by atoms with E-state index in [2.05, 4.69) is 5.32 Å². The van der Waals surface area contributed by atoms with Gasteiger partial charge in [0.1, 0.15) is 10.8 Å². The van der Waals surface area contributed by atoms with Crippen LogP contribution in [0.3, 0.4) is 0 Å². The molecule has 146 valence electrons. The standard InChI is InChI=1S/C20H25NO4S2/c1-5-25-20(23)18-13(2)14(3)27-19(18)21-17(22)7-6-12-26-16-10-8-15(24-4)9-11-16/h8-11H,5-7,12H2,1-4H3,(H,21,22). The van der Waals surface area contributed by atoms with Crippen LogP contribution in [0.25, 0.3) is 0 Å². The van der Waals surface area contributed by atoms with E-state index in [4.69, 9.17) is 9.47 Å². The summed E-state index contributed by atoms with van der Waals surface area (Å²) >= 11 is 3.12. The van der Waals surface area contributed by atoms with E-state index in [1.807, 2.05) is 38.1 Å². The molecule has 0 atom stereocenters. The Morgan fingerprint density at radius 2 is 1.89 bits per heavy atom. The van der Waals surface area contributed by atoms with Crippen LogP contribution in [0.15, 0.2) is 29.2 Å². The number of thioether (sulfide) groups is 1. The number of thiophene rings is 1. The van der Waals surface area contributed by atoms with Crippen molar-refractivity contribution in [2.24, 2.45) is 0 Å². The highest BCUT2D eigenvalue weighted by Gasteiger charge is 2.21. The van der Waals surface area contributed by atoms with Crippen LogP contribution in [0, 0.1) is 13.8 Å². The third-order valence-electron chi connectivity index (χ3n) is 3.99. The van der Waals surface area contributed by atoms with E-state index in [-0.39, 0.29) is 11.9 Å². The molecule has 27 heavy (non-hydrogen) atoms. The number of hydrogen-bond acceptors (Lipinski definition) is 6. The number of hydrogen-bond donors (Lipinski definition) is 1. The molecule has 2 aromatic rings. The Morgan fingerprint density at radius 3 is 2.52 bits per heavy atom. The zero-order valence-electron chi connectivity index (χ0n) is 16.1. The number of carbonyl (C=O) groups excluding carboxylic acids is 2. The van der Waals surface area contributed by atoms with Gasteiger partial charge in [-0.25, -0.2) is 4.79 Å². The minimum absolute atomic E-state index is 0.0860. The third kappa shape index (κ3) is 6.01. The van der Waals surface area contributed by atoms with Gasteiger partial charge in [0.25, 0.3) is 0 Å². The van der Waals surface area contributed by atoms with Crippen LogP contribution in [0.4, 0.5) is 5.00 Å². The van der Waals surface area contributed by atoms with Crippen molar-refractivity contribution in [3.8, 4) is 5.75 Å². The van der Waals surface area contributed by atoms with Crippen LogP contribution in [0.1, 0.15) is 40.6 Å². The Labute approximate surface area is 168 Å². The number of esters is 1. The second kappa shape index (κ2) is 10.4. The third-order valence-corrected chi connectivity index (χ3v) is 6.22. The van der Waals surface area contributed by atoms with Crippen LogP contribution < -0.4 is 10.1 Å². The lowest BCUT2D eigenvalue weighted by atomic mass is 10.1. The first-order chi connectivity index (χ1) is 13.0. The van der Waals surface area contributed by atoms with Crippen LogP contribution in [0.5, 0.6) is 5.75 Å². The smallest absolute Gasteiger partial charge is 0.341 e. The molecular weight excluding hydrogens is 382 g/mol. The first-order valence-corrected chi connectivity index (χ1v) is 10.6. The Hall–Kier alpha value is -1.99. The molecule has 1 aromatic carbocycles. The van der Waals surface area contributed by atoms with Crippen molar-refractivity contribution in [1.82, 2.24) is 0 Å². The van der Waals surface area contributed by atoms with E-state index in [9.17, 15) is 9.59 Å². The van der Waals surface area contributed by atoms with Crippen molar-refractivity contribution in [3.05, 3.63) is 40.3 Å². The SMILES string of the molecule is CCOC(=O)c1c(NC(=O)CCCSc2ccc(OC)cc2)sc(C)c1C. The fourth-order valence-electron chi connectivity index (χ4n) is 2.45. The van der Waals surface area contributed by atoms with Crippen molar-refractivity contribution < 1.29 is 19.1 Å². The van der Waals surface area contributed by atoms with Gasteiger partial charge in [0, 0.05) is 16.2 Å². The number of aryl methyl sites for hydroxylation is 1. The summed E-state index contributed by atoms with van der Waals surface area (Å²) in [4.78, 5) is 26.6. The number of amides is 1. The first kappa shape index (κ1) is 21.3. The highest BCUT2D eigenvalue weighted by atomic mass is 32.2. The topological polar surface area (TPSA) is 64.6 Å². The van der Waals surface area contributed by atoms with Gasteiger partial charge in [-0.15, -0.1) is 23.1 Å². The summed E-state index contributed by atoms with van der Waals surface area (Å²) < 4.78 is 10.3. The number of ether oxygens (including phenoxy) is 2. The number of rotatable bonds is 9. The van der Waals surface area contributed by atoms with Gasteiger partial charge in [-0.1, -0.05) is 0 Å². The molecule has 0 spiro atoms. The summed E-state index contributed by atoms with van der Waals surface area (Å²) in [6.07, 6.45) is 1.15. The predicted molar refractivity (Wildman–Crippen MR) is 111 cm³/mol. The average Bonchev–Trinajstić information content (AvgIpc) is 2.93. The molecule has 5 nitrogen and oxygen atoms in total. The number of anilines is 1. The van der Waals surface area contributed by atoms with Gasteiger partial charge in [0.15, 0.2) is 0 Å². The zero-order valence-corrected chi connectivity index (χ0v) is 17.7. The normalized spacial score (nSPS) is 10.5. The molecule has 1 N–H and O–H groups in total. The maximum atomic E-state index is 12.3. The molecule has 0 unspecified atom stereocenters. The van der Waals surface area contributed by atoms with Gasteiger partial charge >= 0.3 is 5.97 Å². The lowest BCUT2D eigenvalue weighted by Gasteiger charge is -2.07. The van der Waals surface area contributed by atoms with Crippen LogP contribution >= 0.6 is 23.1 Å². The van der Waals surface area contributed by atoms with Gasteiger partial charge in [0.2, 0.25) is 5.91 Å². The molecule has 7 heteroatoms. The van der Waals surface area contributed by atoms with Crippen LogP contribution in [-0.4, -0.2) is 31.3 Å². The summed E-state index contributed by atoms with van der Waals surface area (Å²) in [7, 11) is 1.64. The van der Waals surface area contributed by atoms with E-state index in [1.165, 1.54) is 11.3 Å². The monoisotopic (exact) mass is 407 g/mol. The Morgan fingerprint density at radius 1 is 1.19 bits per heavy atom. The number of benzene rings is 1. The highest BCUT2D eigenvalue weighted by Crippen LogP contribution is 2.33. The summed E-state index contributed by atoms with van der Waals surface area (Å²) in [6, 6.07) is 7.86. The average molecular weight is 408 g/mol. The van der Waals surface area contributed by atoms with Gasteiger partial charge in [-0.3, -0.25) is 4.79 Å². The maximum absolute atomic E-state index is 12.3. The second-order valence-electron chi connectivity index (χ2n) is 5.88. The summed E-state index contributed by atoms with van der Waals surface area (Å²) in [5.41, 5.74) is 1.34. The second-order valence-corrected chi connectivity index (χ2v) is 8.28. The molecule has 2 rings (SSSR count). The van der Waals surface area contributed by atoms with E-state index >= 15 is 0 Å². The minimum atomic E-state index is -0.385. The van der Waals surface area contributed by atoms with Gasteiger partial charge in [0.05, 0.1) is 19.3 Å². The fourth-order valence-corrected chi connectivity index (χ4v) is 4.37. The molecule has 1 amide bonds. The van der Waals surface area contributed by atoms with Crippen molar-refractivity contribution in [2.45, 2.75) is 38.5 Å². The molecule has 1 aromatic heterocycles. The molecule has 0 aliphatic carbocycles. The van der Waals surface area contributed by atoms with Crippen molar-refractivity contribution >= 4 is 40.0 Å². The lowest BCUT2D eigenvalue weighted by molar-refractivity contribution is -0.116. The quantitative estimate of drug-likeness (QED) is 0.357. The Kier molecular flexibility index (Phi) is 8.19. The molecule has 0 fully saturated rings. The van der Waals surface area contributed by atoms with Crippen molar-refractivity contribution in [3.63, 3.8) is 0 Å². The zero-order chi connectivity index (χ0) is 19.8. The number of nitrogens with one attached hydrogen (secondary N) is 1. The van der Waals surface area contributed by atoms with E-state index < -0.39 is 0 Å². The Balaban J connectivity index is 1.85. The van der Waals surface area contributed by atoms with Crippen LogP contribution in [-0.2, 0) is 9.53 Å². The van der Waals surface area contributed by atoms with Gasteiger partial charge in [-0.2, -0.15) is 0 Å². The lowest BCUT2D eigenvalue weighted by Crippen LogP contribution is -2.14. The van der Waals surface area contributed by atoms with Gasteiger partial charge in [-0.05, 0) is 62.8 Å². The van der Waals surface area contributed by atoms with E-state index in [0.29, 0.717) is 23.6 Å². The molecule has 0 aliphatic rings. The molecule has 1 heterocycles. The summed E-state index contributed by atoms with van der Waals surface area (Å²) in [5, 5.41) is 3.46. The van der Waals surface area contributed by atoms with Crippen molar-refractivity contribution in [1.29, 1.82) is 0 Å². The first-order valence-electron chi connectivity index (χ1n) is 8.80. The molecule has 0 bridgehead atoms. The highest BCUT2D eigenvalue weighted by molar-refractivity contribution is 7.99. The maximum Gasteiger partial charge on any atom is 0.341 e. The van der Waals surface area contributed by atoms with E-state index in [1.54, 1.807) is 25.8 Å². The molecule has 0 aliphatic heterocycles.